The van der Waals surface area contributed by atoms with Crippen LogP contribution in [0.4, 0.5) is 5.82 Å². The molecule has 1 aromatic carbocycles. The second-order valence-electron chi connectivity index (χ2n) is 4.97. The van der Waals surface area contributed by atoms with E-state index >= 15 is 0 Å². The minimum atomic E-state index is 0.129. The second-order valence-corrected chi connectivity index (χ2v) is 4.97. The van der Waals surface area contributed by atoms with E-state index in [0.29, 0.717) is 11.5 Å². The van der Waals surface area contributed by atoms with Crippen molar-refractivity contribution < 1.29 is 0 Å². The molecule has 0 aliphatic carbocycles. The highest BCUT2D eigenvalue weighted by atomic mass is 15.1. The lowest BCUT2D eigenvalue weighted by Crippen LogP contribution is -2.18. The molecular formula is C16H22N6. The van der Waals surface area contributed by atoms with Gasteiger partial charge in [0.15, 0.2) is 17.5 Å². The zero-order chi connectivity index (χ0) is 15.8. The molecule has 1 heterocycles. The summed E-state index contributed by atoms with van der Waals surface area (Å²) >= 11 is 0. The van der Waals surface area contributed by atoms with Crippen LogP contribution in [0.15, 0.2) is 41.7 Å². The quantitative estimate of drug-likeness (QED) is 0.359. The van der Waals surface area contributed by atoms with Crippen molar-refractivity contribution in [3.63, 3.8) is 0 Å². The fourth-order valence-electron chi connectivity index (χ4n) is 2.04. The van der Waals surface area contributed by atoms with Crippen LogP contribution in [-0.4, -0.2) is 28.2 Å². The van der Waals surface area contributed by atoms with Gasteiger partial charge in [0.1, 0.15) is 5.69 Å². The van der Waals surface area contributed by atoms with Crippen molar-refractivity contribution in [2.45, 2.75) is 26.2 Å². The molecule has 22 heavy (non-hydrogen) atoms. The van der Waals surface area contributed by atoms with Crippen LogP contribution in [0.1, 0.15) is 37.4 Å². The highest BCUT2D eigenvalue weighted by Gasteiger charge is 2.10. The number of aromatic amines is 1. The van der Waals surface area contributed by atoms with Crippen LogP contribution in [-0.2, 0) is 0 Å². The van der Waals surface area contributed by atoms with Crippen LogP contribution in [0.25, 0.3) is 0 Å². The van der Waals surface area contributed by atoms with Crippen molar-refractivity contribution in [1.82, 2.24) is 9.97 Å². The number of amidine groups is 2. The van der Waals surface area contributed by atoms with Crippen molar-refractivity contribution in [1.29, 1.82) is 5.41 Å². The Morgan fingerprint density at radius 3 is 2.82 bits per heavy atom. The van der Waals surface area contributed by atoms with Crippen molar-refractivity contribution in [3.05, 3.63) is 47.9 Å². The van der Waals surface area contributed by atoms with Gasteiger partial charge in [-0.3, -0.25) is 5.41 Å². The topological polar surface area (TPSA) is 103 Å². The zero-order valence-electron chi connectivity index (χ0n) is 12.8. The third-order valence-electron chi connectivity index (χ3n) is 3.25. The predicted molar refractivity (Wildman–Crippen MR) is 90.6 cm³/mol. The molecule has 2 aromatic rings. The summed E-state index contributed by atoms with van der Waals surface area (Å²) in [5.74, 6) is 1.06. The highest BCUT2D eigenvalue weighted by Crippen LogP contribution is 2.10. The number of nitrogens with zero attached hydrogens (tertiary/aromatic N) is 2. The van der Waals surface area contributed by atoms with E-state index in [0.717, 1.165) is 18.5 Å². The number of benzene rings is 1. The summed E-state index contributed by atoms with van der Waals surface area (Å²) in [6.07, 6.45) is 5.01. The first-order chi connectivity index (χ1) is 10.7. The molecule has 5 N–H and O–H groups in total. The van der Waals surface area contributed by atoms with E-state index in [-0.39, 0.29) is 11.7 Å². The fraction of sp³-hybridized carbons (Fsp3) is 0.312. The Bertz CT molecular complexity index is 629. The largest absolute Gasteiger partial charge is 0.382 e. The normalized spacial score (nSPS) is 11.4. The summed E-state index contributed by atoms with van der Waals surface area (Å²) < 4.78 is 0. The molecule has 0 spiro atoms. The third kappa shape index (κ3) is 4.18. The van der Waals surface area contributed by atoms with E-state index < -0.39 is 0 Å². The zero-order valence-corrected chi connectivity index (χ0v) is 12.8. The van der Waals surface area contributed by atoms with E-state index in [1.165, 1.54) is 12.8 Å². The number of nitrogens with one attached hydrogen (secondary N) is 3. The van der Waals surface area contributed by atoms with Crippen molar-refractivity contribution >= 4 is 17.5 Å². The predicted octanol–water partition coefficient (Wildman–Crippen LogP) is 2.74. The smallest absolute Gasteiger partial charge is 0.155 e. The second kappa shape index (κ2) is 7.97. The lowest BCUT2D eigenvalue weighted by atomic mass is 10.2. The van der Waals surface area contributed by atoms with Gasteiger partial charge < -0.3 is 16.0 Å². The Morgan fingerprint density at radius 2 is 2.09 bits per heavy atom. The number of imidazole rings is 1. The van der Waals surface area contributed by atoms with Crippen LogP contribution >= 0.6 is 0 Å². The van der Waals surface area contributed by atoms with Gasteiger partial charge in [0.2, 0.25) is 0 Å². The van der Waals surface area contributed by atoms with Crippen LogP contribution < -0.4 is 11.1 Å². The maximum atomic E-state index is 8.00. The summed E-state index contributed by atoms with van der Waals surface area (Å²) in [4.78, 5) is 11.4. The van der Waals surface area contributed by atoms with Gasteiger partial charge >= 0.3 is 0 Å². The van der Waals surface area contributed by atoms with E-state index in [1.807, 2.05) is 30.3 Å². The Morgan fingerprint density at radius 1 is 1.32 bits per heavy atom. The van der Waals surface area contributed by atoms with E-state index in [4.69, 9.17) is 11.1 Å². The number of hydrogen-bond donors (Lipinski definition) is 4. The summed E-state index contributed by atoms with van der Waals surface area (Å²) in [7, 11) is 0. The molecule has 0 fully saturated rings. The molecule has 1 aromatic heterocycles. The summed E-state index contributed by atoms with van der Waals surface area (Å²) in [5, 5.41) is 11.3. The molecule has 0 bridgehead atoms. The lowest BCUT2D eigenvalue weighted by molar-refractivity contribution is 0.742. The monoisotopic (exact) mass is 298 g/mol. The van der Waals surface area contributed by atoms with E-state index in [1.54, 1.807) is 6.33 Å². The van der Waals surface area contributed by atoms with Crippen LogP contribution in [0.2, 0.25) is 0 Å². The first-order valence-electron chi connectivity index (χ1n) is 7.48. The van der Waals surface area contributed by atoms with Crippen molar-refractivity contribution in [2.75, 3.05) is 11.9 Å². The number of aliphatic imine (C=N–C) groups is 1. The third-order valence-corrected chi connectivity index (χ3v) is 3.25. The molecule has 2 rings (SSSR count). The summed E-state index contributed by atoms with van der Waals surface area (Å²) in [6.45, 7) is 3.01. The number of unbranched alkanes of at least 4 members (excludes halogenated alkanes) is 2. The number of anilines is 1. The Labute approximate surface area is 130 Å². The van der Waals surface area contributed by atoms with Gasteiger partial charge in [-0.05, 0) is 6.42 Å². The van der Waals surface area contributed by atoms with Crippen LogP contribution in [0, 0.1) is 5.41 Å². The highest BCUT2D eigenvalue weighted by molar-refractivity contribution is 6.10. The SMILES string of the molecule is CCCCCNc1nc[nH]c1C(N)=NC(=N)c1ccccc1. The Kier molecular flexibility index (Phi) is 5.71. The fourth-order valence-corrected chi connectivity index (χ4v) is 2.04. The molecule has 0 amide bonds. The van der Waals surface area contributed by atoms with Gasteiger partial charge in [-0.25, -0.2) is 9.98 Å². The van der Waals surface area contributed by atoms with Gasteiger partial charge in [0, 0.05) is 12.1 Å². The van der Waals surface area contributed by atoms with E-state index in [9.17, 15) is 0 Å². The minimum Gasteiger partial charge on any atom is -0.382 e. The van der Waals surface area contributed by atoms with Gasteiger partial charge in [-0.2, -0.15) is 0 Å². The Hall–Kier alpha value is -2.63. The molecular weight excluding hydrogens is 276 g/mol. The first-order valence-corrected chi connectivity index (χ1v) is 7.48. The van der Waals surface area contributed by atoms with Crippen LogP contribution in [0.5, 0.6) is 0 Å². The average molecular weight is 298 g/mol. The number of H-pyrrole nitrogens is 1. The Balaban J connectivity index is 2.06. The number of aromatic nitrogens is 2. The lowest BCUT2D eigenvalue weighted by Gasteiger charge is -2.06. The van der Waals surface area contributed by atoms with Crippen molar-refractivity contribution in [2.24, 2.45) is 10.7 Å². The van der Waals surface area contributed by atoms with E-state index in [2.05, 4.69) is 27.2 Å². The molecule has 6 nitrogen and oxygen atoms in total. The molecule has 0 aliphatic rings. The molecule has 116 valence electrons. The molecule has 0 saturated carbocycles. The molecule has 0 unspecified atom stereocenters. The number of nitrogens with two attached hydrogens (primary N) is 1. The van der Waals surface area contributed by atoms with Crippen molar-refractivity contribution in [3.8, 4) is 0 Å². The number of hydrogen-bond acceptors (Lipinski definition) is 3. The first kappa shape index (κ1) is 15.8. The number of rotatable bonds is 7. The van der Waals surface area contributed by atoms with Gasteiger partial charge in [0.25, 0.3) is 0 Å². The van der Waals surface area contributed by atoms with Gasteiger partial charge in [-0.1, -0.05) is 50.1 Å². The maximum absolute atomic E-state index is 8.00. The maximum Gasteiger partial charge on any atom is 0.155 e. The summed E-state index contributed by atoms with van der Waals surface area (Å²) in [6, 6.07) is 9.29. The molecule has 0 atom stereocenters. The standard InChI is InChI=1S/C16H22N6/c1-2-3-7-10-19-16-13(20-11-21-16)15(18)22-14(17)12-8-5-4-6-9-12/h4-6,8-9,11,19H,2-3,7,10H2,1H3,(H,20,21)(H3,17,18,22). The van der Waals surface area contributed by atoms with Gasteiger partial charge in [0.05, 0.1) is 6.33 Å². The molecule has 0 radical (unpaired) electrons. The average Bonchev–Trinajstić information content (AvgIpc) is 3.01. The molecule has 0 aliphatic heterocycles. The van der Waals surface area contributed by atoms with Gasteiger partial charge in [-0.15, -0.1) is 0 Å². The molecule has 0 saturated heterocycles. The van der Waals surface area contributed by atoms with Crippen LogP contribution in [0.3, 0.4) is 0 Å². The minimum absolute atomic E-state index is 0.129. The molecule has 6 heteroatoms. The summed E-state index contributed by atoms with van der Waals surface area (Å²) in [5.41, 5.74) is 7.35.